The van der Waals surface area contributed by atoms with Crippen LogP contribution in [0.1, 0.15) is 23.2 Å². The average molecular weight is 279 g/mol. The van der Waals surface area contributed by atoms with E-state index in [2.05, 4.69) is 5.32 Å². The van der Waals surface area contributed by atoms with Crippen molar-refractivity contribution in [3.05, 3.63) is 33.9 Å². The number of likely N-dealkylation sites (tertiary alicyclic amines) is 1. The summed E-state index contributed by atoms with van der Waals surface area (Å²) in [7, 11) is 1.86. The third-order valence-electron chi connectivity index (χ3n) is 3.54. The Morgan fingerprint density at radius 2 is 2.30 bits per heavy atom. The van der Waals surface area contributed by atoms with Crippen LogP contribution in [0.15, 0.2) is 18.2 Å². The quantitative estimate of drug-likeness (QED) is 0.638. The van der Waals surface area contributed by atoms with Crippen LogP contribution < -0.4 is 5.32 Å². The van der Waals surface area contributed by atoms with Crippen LogP contribution in [-0.4, -0.2) is 47.0 Å². The molecule has 0 aromatic heterocycles. The van der Waals surface area contributed by atoms with Crippen LogP contribution in [0.3, 0.4) is 0 Å². The van der Waals surface area contributed by atoms with E-state index in [4.69, 9.17) is 0 Å². The maximum atomic E-state index is 12.3. The SMILES string of the molecule is CNC1CCCN(C(=O)c2ccc([N+](=O)[O-])c(O)c2)C1. The molecule has 1 aliphatic rings. The highest BCUT2D eigenvalue weighted by Crippen LogP contribution is 2.27. The van der Waals surface area contributed by atoms with Crippen molar-refractivity contribution in [1.82, 2.24) is 10.2 Å². The first-order valence-corrected chi connectivity index (χ1v) is 6.47. The van der Waals surface area contributed by atoms with E-state index in [1.807, 2.05) is 7.05 Å². The van der Waals surface area contributed by atoms with Crippen molar-refractivity contribution in [1.29, 1.82) is 0 Å². The van der Waals surface area contributed by atoms with Crippen LogP contribution in [0.25, 0.3) is 0 Å². The van der Waals surface area contributed by atoms with Crippen LogP contribution in [0.4, 0.5) is 5.69 Å². The Balaban J connectivity index is 2.17. The van der Waals surface area contributed by atoms with E-state index >= 15 is 0 Å². The fraction of sp³-hybridized carbons (Fsp3) is 0.462. The van der Waals surface area contributed by atoms with Gasteiger partial charge in [-0.1, -0.05) is 0 Å². The number of amides is 1. The van der Waals surface area contributed by atoms with Crippen molar-refractivity contribution in [3.63, 3.8) is 0 Å². The molecule has 1 heterocycles. The minimum absolute atomic E-state index is 0.213. The summed E-state index contributed by atoms with van der Waals surface area (Å²) in [5.74, 6) is -0.696. The summed E-state index contributed by atoms with van der Waals surface area (Å²) in [6, 6.07) is 3.95. The topological polar surface area (TPSA) is 95.7 Å². The third kappa shape index (κ3) is 2.88. The van der Waals surface area contributed by atoms with Crippen LogP contribution in [-0.2, 0) is 0 Å². The molecule has 0 bridgehead atoms. The van der Waals surface area contributed by atoms with E-state index in [1.54, 1.807) is 4.90 Å². The first kappa shape index (κ1) is 14.3. The van der Waals surface area contributed by atoms with Gasteiger partial charge in [0.25, 0.3) is 5.91 Å². The van der Waals surface area contributed by atoms with Crippen molar-refractivity contribution in [2.75, 3.05) is 20.1 Å². The Morgan fingerprint density at radius 1 is 1.55 bits per heavy atom. The number of nitro benzene ring substituents is 1. The number of nitro groups is 1. The van der Waals surface area contributed by atoms with Crippen molar-refractivity contribution in [2.24, 2.45) is 0 Å². The van der Waals surface area contributed by atoms with Gasteiger partial charge in [0.15, 0.2) is 5.75 Å². The van der Waals surface area contributed by atoms with Crippen molar-refractivity contribution in [3.8, 4) is 5.75 Å². The Hall–Kier alpha value is -2.15. The molecule has 1 amide bonds. The largest absolute Gasteiger partial charge is 0.502 e. The van der Waals surface area contributed by atoms with Gasteiger partial charge in [-0.15, -0.1) is 0 Å². The van der Waals surface area contributed by atoms with Crippen LogP contribution >= 0.6 is 0 Å². The second-order valence-corrected chi connectivity index (χ2v) is 4.84. The summed E-state index contributed by atoms with van der Waals surface area (Å²) in [6.45, 7) is 1.27. The Bertz CT molecular complexity index is 532. The third-order valence-corrected chi connectivity index (χ3v) is 3.54. The first-order chi connectivity index (χ1) is 9.52. The molecule has 0 spiro atoms. The van der Waals surface area contributed by atoms with Gasteiger partial charge >= 0.3 is 5.69 Å². The number of carbonyl (C=O) groups excluding carboxylic acids is 1. The van der Waals surface area contributed by atoms with Crippen molar-refractivity contribution >= 4 is 11.6 Å². The summed E-state index contributed by atoms with van der Waals surface area (Å²) in [6.07, 6.45) is 1.93. The predicted octanol–water partition coefficient (Wildman–Crippen LogP) is 1.12. The summed E-state index contributed by atoms with van der Waals surface area (Å²) >= 11 is 0. The minimum atomic E-state index is -0.679. The number of phenolic OH excluding ortho intramolecular Hbond substituents is 1. The number of piperidine rings is 1. The minimum Gasteiger partial charge on any atom is -0.502 e. The zero-order chi connectivity index (χ0) is 14.7. The molecule has 1 aromatic carbocycles. The molecule has 1 aromatic rings. The maximum Gasteiger partial charge on any atom is 0.310 e. The van der Waals surface area contributed by atoms with Gasteiger partial charge < -0.3 is 15.3 Å². The lowest BCUT2D eigenvalue weighted by molar-refractivity contribution is -0.385. The lowest BCUT2D eigenvalue weighted by Crippen LogP contribution is -2.46. The van der Waals surface area contributed by atoms with Gasteiger partial charge in [-0.3, -0.25) is 14.9 Å². The summed E-state index contributed by atoms with van der Waals surface area (Å²) in [5.41, 5.74) is -0.127. The number of nitrogens with one attached hydrogen (secondary N) is 1. The lowest BCUT2D eigenvalue weighted by Gasteiger charge is -2.32. The molecule has 2 N–H and O–H groups in total. The van der Waals surface area contributed by atoms with Gasteiger partial charge in [0.1, 0.15) is 0 Å². The molecule has 1 saturated heterocycles. The lowest BCUT2D eigenvalue weighted by atomic mass is 10.0. The number of rotatable bonds is 3. The summed E-state index contributed by atoms with van der Waals surface area (Å²) in [5, 5.41) is 23.4. The van der Waals surface area contributed by atoms with Gasteiger partial charge in [-0.2, -0.15) is 0 Å². The average Bonchev–Trinajstić information content (AvgIpc) is 2.46. The number of benzene rings is 1. The molecular formula is C13H17N3O4. The van der Waals surface area contributed by atoms with E-state index in [0.29, 0.717) is 13.1 Å². The zero-order valence-corrected chi connectivity index (χ0v) is 11.2. The molecule has 1 atom stereocenters. The van der Waals surface area contributed by atoms with Gasteiger partial charge in [-0.05, 0) is 32.0 Å². The zero-order valence-electron chi connectivity index (χ0n) is 11.2. The molecule has 108 valence electrons. The highest BCUT2D eigenvalue weighted by molar-refractivity contribution is 5.95. The van der Waals surface area contributed by atoms with E-state index in [0.717, 1.165) is 25.0 Å². The predicted molar refractivity (Wildman–Crippen MR) is 72.7 cm³/mol. The van der Waals surface area contributed by atoms with Crippen LogP contribution in [0.2, 0.25) is 0 Å². The molecule has 1 unspecified atom stereocenters. The van der Waals surface area contributed by atoms with E-state index in [1.165, 1.54) is 6.07 Å². The smallest absolute Gasteiger partial charge is 0.310 e. The fourth-order valence-corrected chi connectivity index (χ4v) is 2.39. The van der Waals surface area contributed by atoms with Crippen molar-refractivity contribution < 1.29 is 14.8 Å². The van der Waals surface area contributed by atoms with E-state index < -0.39 is 16.4 Å². The maximum absolute atomic E-state index is 12.3. The summed E-state index contributed by atoms with van der Waals surface area (Å²) < 4.78 is 0. The summed E-state index contributed by atoms with van der Waals surface area (Å²) in [4.78, 5) is 24.0. The van der Waals surface area contributed by atoms with Gasteiger partial charge in [-0.25, -0.2) is 0 Å². The molecule has 0 aliphatic carbocycles. The fourth-order valence-electron chi connectivity index (χ4n) is 2.39. The number of aromatic hydroxyl groups is 1. The highest BCUT2D eigenvalue weighted by Gasteiger charge is 2.25. The Labute approximate surface area is 116 Å². The Morgan fingerprint density at radius 3 is 2.90 bits per heavy atom. The molecule has 1 aliphatic heterocycles. The number of likely N-dealkylation sites (N-methyl/N-ethyl adjacent to an activating group) is 1. The molecule has 2 rings (SSSR count). The van der Waals surface area contributed by atoms with Gasteiger partial charge in [0.05, 0.1) is 4.92 Å². The van der Waals surface area contributed by atoms with E-state index in [-0.39, 0.29) is 17.5 Å². The standard InChI is InChI=1S/C13H17N3O4/c1-14-10-3-2-6-15(8-10)13(18)9-4-5-11(16(19)20)12(17)7-9/h4-5,7,10,14,17H,2-3,6,8H2,1H3. The van der Waals surface area contributed by atoms with Gasteiger partial charge in [0.2, 0.25) is 0 Å². The Kier molecular flexibility index (Phi) is 4.19. The molecule has 0 saturated carbocycles. The van der Waals surface area contributed by atoms with Crippen LogP contribution in [0, 0.1) is 10.1 Å². The number of phenols is 1. The second-order valence-electron chi connectivity index (χ2n) is 4.84. The number of hydrogen-bond donors (Lipinski definition) is 2. The molecule has 1 fully saturated rings. The number of nitrogens with zero attached hydrogens (tertiary/aromatic N) is 2. The molecular weight excluding hydrogens is 262 g/mol. The molecule has 20 heavy (non-hydrogen) atoms. The molecule has 0 radical (unpaired) electrons. The first-order valence-electron chi connectivity index (χ1n) is 6.47. The molecule has 7 nitrogen and oxygen atoms in total. The van der Waals surface area contributed by atoms with Crippen LogP contribution in [0.5, 0.6) is 5.75 Å². The number of carbonyl (C=O) groups is 1. The second kappa shape index (κ2) is 5.87. The molecule has 7 heteroatoms. The van der Waals surface area contributed by atoms with Gasteiger partial charge in [0, 0.05) is 30.8 Å². The highest BCUT2D eigenvalue weighted by atomic mass is 16.6. The normalized spacial score (nSPS) is 18.9. The van der Waals surface area contributed by atoms with E-state index in [9.17, 15) is 20.0 Å². The monoisotopic (exact) mass is 279 g/mol. The number of hydrogen-bond acceptors (Lipinski definition) is 5. The van der Waals surface area contributed by atoms with Crippen molar-refractivity contribution in [2.45, 2.75) is 18.9 Å².